The van der Waals surface area contributed by atoms with Crippen molar-refractivity contribution in [2.45, 2.75) is 25.9 Å². The van der Waals surface area contributed by atoms with Crippen LogP contribution in [0.5, 0.6) is 0 Å². The van der Waals surface area contributed by atoms with E-state index in [1.165, 1.54) is 0 Å². The molecule has 2 unspecified atom stereocenters. The number of hydrogen-bond donors (Lipinski definition) is 3. The van der Waals surface area contributed by atoms with Gasteiger partial charge in [0, 0.05) is 11.7 Å². The molecule has 88 valence electrons. The molecular weight excluding hydrogens is 204 g/mol. The Bertz CT molecular complexity index is 327. The van der Waals surface area contributed by atoms with Crippen molar-refractivity contribution in [1.29, 1.82) is 0 Å². The quantitative estimate of drug-likeness (QED) is 0.696. The van der Waals surface area contributed by atoms with Gasteiger partial charge in [0.15, 0.2) is 0 Å². The van der Waals surface area contributed by atoms with Crippen molar-refractivity contribution in [1.82, 2.24) is 5.32 Å². The highest BCUT2D eigenvalue weighted by Gasteiger charge is 2.14. The van der Waals surface area contributed by atoms with Crippen molar-refractivity contribution in [3.8, 4) is 0 Å². The zero-order chi connectivity index (χ0) is 12.0. The highest BCUT2D eigenvalue weighted by molar-refractivity contribution is 5.94. The molecule has 0 aliphatic rings. The summed E-state index contributed by atoms with van der Waals surface area (Å²) in [4.78, 5) is 11.7. The molecule has 1 amide bonds. The maximum Gasteiger partial charge on any atom is 0.241 e. The average Bonchev–Trinajstić information content (AvgIpc) is 2.30. The molecule has 0 aromatic heterocycles. The van der Waals surface area contributed by atoms with E-state index in [-0.39, 0.29) is 24.6 Å². The van der Waals surface area contributed by atoms with Crippen molar-refractivity contribution < 1.29 is 9.90 Å². The number of amides is 1. The van der Waals surface area contributed by atoms with E-state index < -0.39 is 0 Å². The number of anilines is 1. The number of aliphatic hydroxyl groups is 1. The summed E-state index contributed by atoms with van der Waals surface area (Å²) in [6.07, 6.45) is 0. The van der Waals surface area contributed by atoms with Crippen LogP contribution in [0.15, 0.2) is 30.3 Å². The Labute approximate surface area is 95.7 Å². The number of aliphatic hydroxyl groups excluding tert-OH is 1. The van der Waals surface area contributed by atoms with Gasteiger partial charge in [0.1, 0.15) is 0 Å². The molecular formula is C12H18N2O2. The van der Waals surface area contributed by atoms with Gasteiger partial charge in [-0.05, 0) is 26.0 Å². The van der Waals surface area contributed by atoms with E-state index in [0.717, 1.165) is 5.69 Å². The topological polar surface area (TPSA) is 61.4 Å². The SMILES string of the molecule is CC(CO)NC(C)C(=O)Nc1ccccc1. The number of hydrogen-bond acceptors (Lipinski definition) is 3. The van der Waals surface area contributed by atoms with Crippen molar-refractivity contribution in [2.24, 2.45) is 0 Å². The lowest BCUT2D eigenvalue weighted by molar-refractivity contribution is -0.118. The van der Waals surface area contributed by atoms with Crippen LogP contribution < -0.4 is 10.6 Å². The Morgan fingerprint density at radius 3 is 2.50 bits per heavy atom. The number of benzene rings is 1. The van der Waals surface area contributed by atoms with Gasteiger partial charge in [-0.3, -0.25) is 4.79 Å². The van der Waals surface area contributed by atoms with E-state index in [1.807, 2.05) is 37.3 Å². The summed E-state index contributed by atoms with van der Waals surface area (Å²) in [5.74, 6) is -0.105. The summed E-state index contributed by atoms with van der Waals surface area (Å²) in [5.41, 5.74) is 0.776. The van der Waals surface area contributed by atoms with Crippen LogP contribution in [0, 0.1) is 0 Å². The minimum absolute atomic E-state index is 0.0168. The number of carbonyl (C=O) groups is 1. The molecule has 0 radical (unpaired) electrons. The van der Waals surface area contributed by atoms with Gasteiger partial charge in [-0.1, -0.05) is 18.2 Å². The van der Waals surface area contributed by atoms with Crippen LogP contribution in [0.1, 0.15) is 13.8 Å². The second-order valence-electron chi connectivity index (χ2n) is 3.83. The van der Waals surface area contributed by atoms with Gasteiger partial charge >= 0.3 is 0 Å². The summed E-state index contributed by atoms with van der Waals surface area (Å²) >= 11 is 0. The predicted molar refractivity (Wildman–Crippen MR) is 64.2 cm³/mol. The lowest BCUT2D eigenvalue weighted by Gasteiger charge is -2.17. The average molecular weight is 222 g/mol. The third-order valence-electron chi connectivity index (χ3n) is 2.24. The molecule has 0 bridgehead atoms. The van der Waals surface area contributed by atoms with Crippen molar-refractivity contribution in [3.05, 3.63) is 30.3 Å². The highest BCUT2D eigenvalue weighted by atomic mass is 16.3. The van der Waals surface area contributed by atoms with E-state index in [4.69, 9.17) is 5.11 Å². The van der Waals surface area contributed by atoms with E-state index >= 15 is 0 Å². The van der Waals surface area contributed by atoms with Crippen molar-refractivity contribution >= 4 is 11.6 Å². The maximum absolute atomic E-state index is 11.7. The Morgan fingerprint density at radius 1 is 1.31 bits per heavy atom. The molecule has 0 saturated heterocycles. The fourth-order valence-corrected chi connectivity index (χ4v) is 1.33. The highest BCUT2D eigenvalue weighted by Crippen LogP contribution is 2.05. The Balaban J connectivity index is 2.46. The van der Waals surface area contributed by atoms with Gasteiger partial charge in [-0.2, -0.15) is 0 Å². The minimum atomic E-state index is -0.331. The molecule has 0 spiro atoms. The molecule has 1 aromatic carbocycles. The van der Waals surface area contributed by atoms with Crippen LogP contribution in [-0.4, -0.2) is 29.7 Å². The molecule has 1 aromatic rings. The summed E-state index contributed by atoms with van der Waals surface area (Å²) in [6.45, 7) is 3.61. The maximum atomic E-state index is 11.7. The first-order valence-corrected chi connectivity index (χ1v) is 5.36. The summed E-state index contributed by atoms with van der Waals surface area (Å²) in [7, 11) is 0. The molecule has 2 atom stereocenters. The molecule has 4 nitrogen and oxygen atoms in total. The van der Waals surface area contributed by atoms with Crippen LogP contribution in [0.4, 0.5) is 5.69 Å². The molecule has 0 aliphatic carbocycles. The van der Waals surface area contributed by atoms with E-state index in [9.17, 15) is 4.79 Å². The largest absolute Gasteiger partial charge is 0.395 e. The third kappa shape index (κ3) is 4.00. The van der Waals surface area contributed by atoms with Crippen LogP contribution in [0.25, 0.3) is 0 Å². The van der Waals surface area contributed by atoms with Crippen LogP contribution in [-0.2, 0) is 4.79 Å². The standard InChI is InChI=1S/C12H18N2O2/c1-9(8-15)13-10(2)12(16)14-11-6-4-3-5-7-11/h3-7,9-10,13,15H,8H2,1-2H3,(H,14,16). The third-order valence-corrected chi connectivity index (χ3v) is 2.24. The minimum Gasteiger partial charge on any atom is -0.395 e. The summed E-state index contributed by atoms with van der Waals surface area (Å²) in [6, 6.07) is 8.87. The fourth-order valence-electron chi connectivity index (χ4n) is 1.33. The zero-order valence-electron chi connectivity index (χ0n) is 9.60. The number of nitrogens with one attached hydrogen (secondary N) is 2. The first kappa shape index (κ1) is 12.7. The van der Waals surface area contributed by atoms with E-state index in [1.54, 1.807) is 6.92 Å². The second-order valence-corrected chi connectivity index (χ2v) is 3.83. The van der Waals surface area contributed by atoms with Crippen LogP contribution in [0.2, 0.25) is 0 Å². The second kappa shape index (κ2) is 6.25. The molecule has 1 rings (SSSR count). The van der Waals surface area contributed by atoms with Gasteiger partial charge in [0.2, 0.25) is 5.91 Å². The zero-order valence-corrected chi connectivity index (χ0v) is 9.60. The monoisotopic (exact) mass is 222 g/mol. The van der Waals surface area contributed by atoms with Gasteiger partial charge in [-0.25, -0.2) is 0 Å². The van der Waals surface area contributed by atoms with Crippen LogP contribution >= 0.6 is 0 Å². The predicted octanol–water partition coefficient (Wildman–Crippen LogP) is 0.984. The lowest BCUT2D eigenvalue weighted by Crippen LogP contribution is -2.44. The first-order chi connectivity index (χ1) is 7.63. The Hall–Kier alpha value is -1.39. The fraction of sp³-hybridized carbons (Fsp3) is 0.417. The van der Waals surface area contributed by atoms with Crippen LogP contribution in [0.3, 0.4) is 0 Å². The molecule has 0 aliphatic heterocycles. The number of para-hydroxylation sites is 1. The molecule has 3 N–H and O–H groups in total. The molecule has 4 heteroatoms. The van der Waals surface area contributed by atoms with Crippen molar-refractivity contribution in [2.75, 3.05) is 11.9 Å². The van der Waals surface area contributed by atoms with E-state index in [0.29, 0.717) is 0 Å². The summed E-state index contributed by atoms with van der Waals surface area (Å²) < 4.78 is 0. The number of carbonyl (C=O) groups excluding carboxylic acids is 1. The Morgan fingerprint density at radius 2 is 1.94 bits per heavy atom. The molecule has 16 heavy (non-hydrogen) atoms. The molecule has 0 saturated carbocycles. The smallest absolute Gasteiger partial charge is 0.241 e. The first-order valence-electron chi connectivity index (χ1n) is 5.36. The van der Waals surface area contributed by atoms with Gasteiger partial charge < -0.3 is 15.7 Å². The molecule has 0 fully saturated rings. The van der Waals surface area contributed by atoms with Gasteiger partial charge in [-0.15, -0.1) is 0 Å². The summed E-state index contributed by atoms with van der Waals surface area (Å²) in [5, 5.41) is 14.6. The molecule has 0 heterocycles. The van der Waals surface area contributed by atoms with Gasteiger partial charge in [0.25, 0.3) is 0 Å². The van der Waals surface area contributed by atoms with Crippen molar-refractivity contribution in [3.63, 3.8) is 0 Å². The van der Waals surface area contributed by atoms with Gasteiger partial charge in [0.05, 0.1) is 12.6 Å². The number of rotatable bonds is 5. The van der Waals surface area contributed by atoms with E-state index in [2.05, 4.69) is 10.6 Å². The lowest BCUT2D eigenvalue weighted by atomic mass is 10.2. The Kier molecular flexibility index (Phi) is 4.95. The normalized spacial score (nSPS) is 14.2.